The Morgan fingerprint density at radius 1 is 0.455 bits per heavy atom. The van der Waals surface area contributed by atoms with E-state index in [1.807, 2.05) is 11.3 Å². The van der Waals surface area contributed by atoms with Crippen molar-refractivity contribution in [3.05, 3.63) is 139 Å². The van der Waals surface area contributed by atoms with Gasteiger partial charge in [-0.2, -0.15) is 0 Å². The van der Waals surface area contributed by atoms with Gasteiger partial charge < -0.3 is 0 Å². The number of rotatable bonds is 5. The molecule has 0 atom stereocenters. The molecule has 0 saturated heterocycles. The lowest BCUT2D eigenvalue weighted by Gasteiger charge is -2.28. The summed E-state index contributed by atoms with van der Waals surface area (Å²) < 4.78 is 2.79. The van der Waals surface area contributed by atoms with Gasteiger partial charge in [-0.25, -0.2) is 0 Å². The third-order valence-corrected chi connectivity index (χ3v) is 12.1. The Balaban J connectivity index is 1.66. The van der Waals surface area contributed by atoms with Gasteiger partial charge in [0.15, 0.2) is 0 Å². The Labute approximate surface area is 199 Å². The molecule has 0 unspecified atom stereocenters. The van der Waals surface area contributed by atoms with Gasteiger partial charge >= 0.3 is 0 Å². The minimum atomic E-state index is -1.92. The molecule has 0 bridgehead atoms. The van der Waals surface area contributed by atoms with Gasteiger partial charge in [0.2, 0.25) is 0 Å². The summed E-state index contributed by atoms with van der Waals surface area (Å²) in [6, 6.07) is 49.2. The molecule has 0 aliphatic heterocycles. The minimum Gasteiger partial charge on any atom is -0.135 e. The highest BCUT2D eigenvalue weighted by molar-refractivity contribution is 7.95. The quantitative estimate of drug-likeness (QED) is 0.234. The highest BCUT2D eigenvalue weighted by Crippen LogP contribution is 2.59. The van der Waals surface area contributed by atoms with Crippen LogP contribution in [0.2, 0.25) is 0 Å². The van der Waals surface area contributed by atoms with Gasteiger partial charge in [0.05, 0.1) is 6.16 Å². The van der Waals surface area contributed by atoms with Gasteiger partial charge in [0.25, 0.3) is 0 Å². The van der Waals surface area contributed by atoms with Crippen molar-refractivity contribution in [3.8, 4) is 0 Å². The van der Waals surface area contributed by atoms with E-state index in [1.165, 1.54) is 41.6 Å². The summed E-state index contributed by atoms with van der Waals surface area (Å²) in [5.41, 5.74) is 1.44. The maximum atomic E-state index is 2.35. The molecule has 0 spiro atoms. The van der Waals surface area contributed by atoms with Crippen LogP contribution in [0.5, 0.6) is 0 Å². The molecule has 6 rings (SSSR count). The number of hydrogen-bond donors (Lipinski definition) is 0. The lowest BCUT2D eigenvalue weighted by atomic mass is 10.1. The SMILES string of the molecule is c1ccc([P+](Cc2cccc3c2sc2ccccc23)(c2ccccc2)c2ccccc2)cc1. The second-order valence-electron chi connectivity index (χ2n) is 8.37. The molecule has 0 nitrogen and oxygen atoms in total. The van der Waals surface area contributed by atoms with Crippen LogP contribution in [-0.2, 0) is 6.16 Å². The average Bonchev–Trinajstić information content (AvgIpc) is 3.28. The third kappa shape index (κ3) is 3.49. The van der Waals surface area contributed by atoms with Crippen LogP contribution in [-0.4, -0.2) is 0 Å². The molecule has 33 heavy (non-hydrogen) atoms. The van der Waals surface area contributed by atoms with Crippen molar-refractivity contribution >= 4 is 54.7 Å². The van der Waals surface area contributed by atoms with E-state index in [9.17, 15) is 0 Å². The van der Waals surface area contributed by atoms with E-state index in [2.05, 4.69) is 133 Å². The topological polar surface area (TPSA) is 0 Å². The molecule has 0 aliphatic rings. The molecular weight excluding hydrogens is 435 g/mol. The van der Waals surface area contributed by atoms with Crippen molar-refractivity contribution in [3.63, 3.8) is 0 Å². The molecular formula is C31H24PS+. The molecule has 158 valence electrons. The lowest BCUT2D eigenvalue weighted by molar-refractivity contribution is 1.45. The first-order valence-electron chi connectivity index (χ1n) is 11.3. The summed E-state index contributed by atoms with van der Waals surface area (Å²) >= 11 is 1.93. The Bertz CT molecular complexity index is 1420. The van der Waals surface area contributed by atoms with E-state index >= 15 is 0 Å². The Morgan fingerprint density at radius 2 is 0.939 bits per heavy atom. The smallest absolute Gasteiger partial charge is 0.116 e. The molecule has 1 heterocycles. The van der Waals surface area contributed by atoms with Crippen molar-refractivity contribution in [2.24, 2.45) is 0 Å². The zero-order valence-electron chi connectivity index (χ0n) is 18.3. The molecule has 0 fully saturated rings. The molecule has 0 saturated carbocycles. The van der Waals surface area contributed by atoms with E-state index in [1.54, 1.807) is 0 Å². The van der Waals surface area contributed by atoms with Crippen molar-refractivity contribution in [2.75, 3.05) is 0 Å². The molecule has 0 amide bonds. The molecule has 2 heteroatoms. The van der Waals surface area contributed by atoms with Gasteiger partial charge in [-0.3, -0.25) is 0 Å². The second kappa shape index (κ2) is 8.60. The molecule has 0 N–H and O–H groups in total. The van der Waals surface area contributed by atoms with Gasteiger partial charge in [-0.15, -0.1) is 11.3 Å². The summed E-state index contributed by atoms with van der Waals surface area (Å²) in [5, 5.41) is 7.03. The third-order valence-electron chi connectivity index (χ3n) is 6.48. The summed E-state index contributed by atoms with van der Waals surface area (Å²) in [4.78, 5) is 0. The van der Waals surface area contributed by atoms with Crippen LogP contribution in [0.4, 0.5) is 0 Å². The van der Waals surface area contributed by atoms with Crippen LogP contribution in [0.15, 0.2) is 133 Å². The van der Waals surface area contributed by atoms with Crippen molar-refractivity contribution in [1.82, 2.24) is 0 Å². The largest absolute Gasteiger partial charge is 0.135 e. The standard InChI is InChI=1S/C31H24PS/c1-4-14-25(15-5-1)32(26-16-6-2-7-17-26,27-18-8-3-9-19-27)23-24-13-12-21-29-28-20-10-11-22-30(28)33-31(24)29/h1-22H,23H2/q+1. The number of thiophene rings is 1. The maximum absolute atomic E-state index is 2.35. The van der Waals surface area contributed by atoms with Gasteiger partial charge in [-0.05, 0) is 42.5 Å². The Kier molecular flexibility index (Phi) is 5.30. The van der Waals surface area contributed by atoms with E-state index < -0.39 is 7.26 Å². The summed E-state index contributed by atoms with van der Waals surface area (Å²) in [7, 11) is -1.92. The fourth-order valence-corrected chi connectivity index (χ4v) is 10.5. The van der Waals surface area contributed by atoms with Crippen LogP contribution < -0.4 is 15.9 Å². The average molecular weight is 460 g/mol. The molecule has 1 aromatic heterocycles. The maximum Gasteiger partial charge on any atom is 0.116 e. The number of hydrogen-bond acceptors (Lipinski definition) is 1. The van der Waals surface area contributed by atoms with Crippen molar-refractivity contribution in [1.29, 1.82) is 0 Å². The van der Waals surface area contributed by atoms with Crippen molar-refractivity contribution < 1.29 is 0 Å². The highest BCUT2D eigenvalue weighted by Gasteiger charge is 2.45. The highest BCUT2D eigenvalue weighted by atomic mass is 32.1. The van der Waals surface area contributed by atoms with E-state index in [-0.39, 0.29) is 0 Å². The zero-order chi connectivity index (χ0) is 22.1. The van der Waals surface area contributed by atoms with Crippen LogP contribution >= 0.6 is 18.6 Å². The predicted molar refractivity (Wildman–Crippen MR) is 148 cm³/mol. The van der Waals surface area contributed by atoms with Gasteiger partial charge in [-0.1, -0.05) is 91.0 Å². The normalized spacial score (nSPS) is 11.8. The van der Waals surface area contributed by atoms with Gasteiger partial charge in [0.1, 0.15) is 23.2 Å². The molecule has 0 aliphatic carbocycles. The van der Waals surface area contributed by atoms with Crippen LogP contribution in [0, 0.1) is 0 Å². The van der Waals surface area contributed by atoms with Crippen molar-refractivity contribution in [2.45, 2.75) is 6.16 Å². The monoisotopic (exact) mass is 459 g/mol. The minimum absolute atomic E-state index is 1.01. The molecule has 0 radical (unpaired) electrons. The lowest BCUT2D eigenvalue weighted by Crippen LogP contribution is -2.32. The summed E-state index contributed by atoms with van der Waals surface area (Å²) in [6.45, 7) is 0. The molecule has 6 aromatic rings. The first-order valence-corrected chi connectivity index (χ1v) is 14.1. The Morgan fingerprint density at radius 3 is 1.52 bits per heavy atom. The summed E-state index contributed by atoms with van der Waals surface area (Å²) in [5.74, 6) is 0. The molecule has 5 aromatic carbocycles. The van der Waals surface area contributed by atoms with E-state index in [0.29, 0.717) is 0 Å². The first-order chi connectivity index (χ1) is 16.4. The zero-order valence-corrected chi connectivity index (χ0v) is 20.0. The number of fused-ring (bicyclic) bond motifs is 3. The van der Waals surface area contributed by atoms with Crippen LogP contribution in [0.1, 0.15) is 5.56 Å². The summed E-state index contributed by atoms with van der Waals surface area (Å²) in [6.07, 6.45) is 1.01. The van der Waals surface area contributed by atoms with E-state index in [0.717, 1.165) is 6.16 Å². The Hall–Kier alpha value is -3.25. The first kappa shape index (κ1) is 20.4. The predicted octanol–water partition coefficient (Wildman–Crippen LogP) is 7.55. The second-order valence-corrected chi connectivity index (χ2v) is 12.9. The van der Waals surface area contributed by atoms with Crippen LogP contribution in [0.3, 0.4) is 0 Å². The van der Waals surface area contributed by atoms with E-state index in [4.69, 9.17) is 0 Å². The number of benzene rings is 5. The fourth-order valence-electron chi connectivity index (χ4n) is 4.95. The van der Waals surface area contributed by atoms with Crippen LogP contribution in [0.25, 0.3) is 20.2 Å². The van der Waals surface area contributed by atoms with Gasteiger partial charge in [0, 0.05) is 25.7 Å². The fraction of sp³-hybridized carbons (Fsp3) is 0.0323.